The average Bonchev–Trinajstić information content (AvgIpc) is 2.28. The normalized spacial score (nSPS) is 12.5. The zero-order valence-electron chi connectivity index (χ0n) is 11.8. The van der Waals surface area contributed by atoms with Crippen molar-refractivity contribution in [2.45, 2.75) is 33.6 Å². The minimum Gasteiger partial charge on any atom is -0.481 e. The second-order valence-electron chi connectivity index (χ2n) is 5.33. The monoisotopic (exact) mass is 263 g/mol. The smallest absolute Gasteiger partial charge is 0.316 e. The summed E-state index contributed by atoms with van der Waals surface area (Å²) in [5, 5.41) is 11.7. The summed E-state index contributed by atoms with van der Waals surface area (Å²) >= 11 is 0. The van der Waals surface area contributed by atoms with Gasteiger partial charge in [0, 0.05) is 5.69 Å². The van der Waals surface area contributed by atoms with E-state index in [4.69, 9.17) is 5.11 Å². The molecule has 1 aromatic carbocycles. The summed E-state index contributed by atoms with van der Waals surface area (Å²) in [5.41, 5.74) is 1.80. The molecule has 0 aliphatic heterocycles. The van der Waals surface area contributed by atoms with Crippen LogP contribution < -0.4 is 5.32 Å². The van der Waals surface area contributed by atoms with E-state index < -0.39 is 17.8 Å². The van der Waals surface area contributed by atoms with Crippen LogP contribution in [0, 0.1) is 11.8 Å². The van der Waals surface area contributed by atoms with Crippen molar-refractivity contribution < 1.29 is 14.7 Å². The van der Waals surface area contributed by atoms with Gasteiger partial charge in [0.05, 0.1) is 0 Å². The van der Waals surface area contributed by atoms with Crippen molar-refractivity contribution >= 4 is 17.6 Å². The van der Waals surface area contributed by atoms with Gasteiger partial charge in [0.1, 0.15) is 5.92 Å². The van der Waals surface area contributed by atoms with Gasteiger partial charge in [-0.05, 0) is 29.5 Å². The molecule has 0 saturated carbocycles. The number of benzene rings is 1. The van der Waals surface area contributed by atoms with Gasteiger partial charge in [0.25, 0.3) is 0 Å². The lowest BCUT2D eigenvalue weighted by Crippen LogP contribution is -2.33. The molecule has 19 heavy (non-hydrogen) atoms. The van der Waals surface area contributed by atoms with Crippen LogP contribution in [0.5, 0.6) is 0 Å². The molecule has 4 heteroatoms. The number of hydrogen-bond donors (Lipinski definition) is 2. The van der Waals surface area contributed by atoms with E-state index in [-0.39, 0.29) is 5.92 Å². The van der Waals surface area contributed by atoms with E-state index in [0.717, 1.165) is 0 Å². The van der Waals surface area contributed by atoms with Gasteiger partial charge in [0.15, 0.2) is 0 Å². The van der Waals surface area contributed by atoms with Crippen molar-refractivity contribution in [3.63, 3.8) is 0 Å². The van der Waals surface area contributed by atoms with Crippen molar-refractivity contribution in [2.75, 3.05) is 5.32 Å². The lowest BCUT2D eigenvalue weighted by molar-refractivity contribution is -0.147. The summed E-state index contributed by atoms with van der Waals surface area (Å²) in [4.78, 5) is 23.0. The highest BCUT2D eigenvalue weighted by molar-refractivity contribution is 6.04. The minimum absolute atomic E-state index is 0.243. The summed E-state index contributed by atoms with van der Waals surface area (Å²) in [5.74, 6) is -2.41. The number of carboxylic acid groups (broad SMARTS) is 1. The minimum atomic E-state index is -1.09. The maximum Gasteiger partial charge on any atom is 0.316 e. The Labute approximate surface area is 113 Å². The quantitative estimate of drug-likeness (QED) is 0.802. The van der Waals surface area contributed by atoms with Crippen LogP contribution in [0.3, 0.4) is 0 Å². The predicted molar refractivity (Wildman–Crippen MR) is 75.1 cm³/mol. The van der Waals surface area contributed by atoms with E-state index in [2.05, 4.69) is 19.2 Å². The lowest BCUT2D eigenvalue weighted by Gasteiger charge is -2.16. The molecule has 0 spiro atoms. The summed E-state index contributed by atoms with van der Waals surface area (Å²) in [6, 6.07) is 7.47. The number of nitrogens with one attached hydrogen (secondary N) is 1. The Morgan fingerprint density at radius 1 is 1.05 bits per heavy atom. The molecule has 0 aromatic heterocycles. The second-order valence-corrected chi connectivity index (χ2v) is 5.33. The van der Waals surface area contributed by atoms with E-state index in [0.29, 0.717) is 11.6 Å². The fourth-order valence-electron chi connectivity index (χ4n) is 1.87. The summed E-state index contributed by atoms with van der Waals surface area (Å²) in [7, 11) is 0. The van der Waals surface area contributed by atoms with Crippen LogP contribution in [0.4, 0.5) is 5.69 Å². The van der Waals surface area contributed by atoms with E-state index in [1.165, 1.54) is 5.56 Å². The molecule has 1 rings (SSSR count). The van der Waals surface area contributed by atoms with Crippen molar-refractivity contribution in [3.05, 3.63) is 29.8 Å². The number of carbonyl (C=O) groups is 2. The standard InChI is InChI=1S/C15H21NO3/c1-9(2)11-5-7-12(8-6-11)16-14(17)13(10(3)4)15(18)19/h5-10,13H,1-4H3,(H,16,17)(H,18,19). The predicted octanol–water partition coefficient (Wildman–Crippen LogP) is 3.11. The first-order valence-corrected chi connectivity index (χ1v) is 6.46. The molecule has 1 aromatic rings. The molecular weight excluding hydrogens is 242 g/mol. The fourth-order valence-corrected chi connectivity index (χ4v) is 1.87. The first kappa shape index (κ1) is 15.2. The Morgan fingerprint density at radius 3 is 1.95 bits per heavy atom. The zero-order valence-corrected chi connectivity index (χ0v) is 11.8. The fraction of sp³-hybridized carbons (Fsp3) is 0.467. The third-order valence-electron chi connectivity index (χ3n) is 3.06. The molecule has 104 valence electrons. The Balaban J connectivity index is 2.78. The Hall–Kier alpha value is -1.84. The van der Waals surface area contributed by atoms with Crippen LogP contribution in [0.2, 0.25) is 0 Å². The Kier molecular flexibility index (Phi) is 5.10. The molecule has 1 amide bonds. The highest BCUT2D eigenvalue weighted by atomic mass is 16.4. The van der Waals surface area contributed by atoms with Gasteiger partial charge in [-0.1, -0.05) is 39.8 Å². The first-order chi connectivity index (χ1) is 8.82. The van der Waals surface area contributed by atoms with Crippen LogP contribution in [-0.2, 0) is 9.59 Å². The molecule has 1 atom stereocenters. The highest BCUT2D eigenvalue weighted by Crippen LogP contribution is 2.19. The average molecular weight is 263 g/mol. The number of carboxylic acids is 1. The molecule has 1 unspecified atom stereocenters. The second kappa shape index (κ2) is 6.36. The molecule has 0 aliphatic carbocycles. The van der Waals surface area contributed by atoms with Crippen LogP contribution in [-0.4, -0.2) is 17.0 Å². The van der Waals surface area contributed by atoms with Crippen LogP contribution in [0.1, 0.15) is 39.2 Å². The first-order valence-electron chi connectivity index (χ1n) is 6.46. The maximum atomic E-state index is 11.9. The van der Waals surface area contributed by atoms with Crippen molar-refractivity contribution in [3.8, 4) is 0 Å². The van der Waals surface area contributed by atoms with Gasteiger partial charge < -0.3 is 10.4 Å². The molecule has 0 bridgehead atoms. The molecule has 0 fully saturated rings. The lowest BCUT2D eigenvalue weighted by atomic mass is 9.95. The molecule has 0 aliphatic rings. The van der Waals surface area contributed by atoms with Crippen LogP contribution >= 0.6 is 0 Å². The number of rotatable bonds is 5. The Bertz CT molecular complexity index is 449. The summed E-state index contributed by atoms with van der Waals surface area (Å²) in [6.45, 7) is 7.63. The van der Waals surface area contributed by atoms with Gasteiger partial charge >= 0.3 is 5.97 Å². The number of hydrogen-bond acceptors (Lipinski definition) is 2. The number of aliphatic carboxylic acids is 1. The molecule has 0 heterocycles. The molecule has 0 saturated heterocycles. The van der Waals surface area contributed by atoms with Crippen molar-refractivity contribution in [2.24, 2.45) is 11.8 Å². The number of anilines is 1. The largest absolute Gasteiger partial charge is 0.481 e. The summed E-state index contributed by atoms with van der Waals surface area (Å²) in [6.07, 6.45) is 0. The third kappa shape index (κ3) is 4.09. The number of carbonyl (C=O) groups excluding carboxylic acids is 1. The summed E-state index contributed by atoms with van der Waals surface area (Å²) < 4.78 is 0. The van der Waals surface area contributed by atoms with Gasteiger partial charge in [-0.25, -0.2) is 0 Å². The van der Waals surface area contributed by atoms with Crippen molar-refractivity contribution in [1.82, 2.24) is 0 Å². The van der Waals surface area contributed by atoms with Gasteiger partial charge in [-0.2, -0.15) is 0 Å². The Morgan fingerprint density at radius 2 is 1.58 bits per heavy atom. The van der Waals surface area contributed by atoms with Gasteiger partial charge in [0.2, 0.25) is 5.91 Å². The van der Waals surface area contributed by atoms with Crippen molar-refractivity contribution in [1.29, 1.82) is 0 Å². The van der Waals surface area contributed by atoms with Gasteiger partial charge in [-0.15, -0.1) is 0 Å². The number of amides is 1. The van der Waals surface area contributed by atoms with Crippen LogP contribution in [0.15, 0.2) is 24.3 Å². The van der Waals surface area contributed by atoms with Crippen LogP contribution in [0.25, 0.3) is 0 Å². The molecule has 0 radical (unpaired) electrons. The topological polar surface area (TPSA) is 66.4 Å². The molecule has 2 N–H and O–H groups in total. The SMILES string of the molecule is CC(C)c1ccc(NC(=O)C(C(=O)O)C(C)C)cc1. The van der Waals surface area contributed by atoms with E-state index >= 15 is 0 Å². The zero-order chi connectivity index (χ0) is 14.6. The molecular formula is C15H21NO3. The highest BCUT2D eigenvalue weighted by Gasteiger charge is 2.29. The van der Waals surface area contributed by atoms with E-state index in [1.807, 2.05) is 12.1 Å². The van der Waals surface area contributed by atoms with Gasteiger partial charge in [-0.3, -0.25) is 9.59 Å². The van der Waals surface area contributed by atoms with E-state index in [1.54, 1.807) is 26.0 Å². The third-order valence-corrected chi connectivity index (χ3v) is 3.06. The maximum absolute atomic E-state index is 11.9. The molecule has 4 nitrogen and oxygen atoms in total. The van der Waals surface area contributed by atoms with E-state index in [9.17, 15) is 9.59 Å².